The Bertz CT molecular complexity index is 2820. The van der Waals surface area contributed by atoms with E-state index in [-0.39, 0.29) is 0 Å². The molecule has 0 bridgehead atoms. The van der Waals surface area contributed by atoms with E-state index < -0.39 is 0 Å². The minimum absolute atomic E-state index is 0.417. The number of thiol groups is 1. The quantitative estimate of drug-likeness (QED) is 0.130. The van der Waals surface area contributed by atoms with Crippen molar-refractivity contribution < 1.29 is 0 Å². The Morgan fingerprint density at radius 3 is 1.96 bits per heavy atom. The van der Waals surface area contributed by atoms with Crippen molar-refractivity contribution in [2.24, 2.45) is 0 Å². The summed E-state index contributed by atoms with van der Waals surface area (Å²) in [6, 6.07) is 45.1. The summed E-state index contributed by atoms with van der Waals surface area (Å²) < 4.78 is 1.22. The van der Waals surface area contributed by atoms with Gasteiger partial charge in [0.1, 0.15) is 0 Å². The summed E-state index contributed by atoms with van der Waals surface area (Å²) in [7, 11) is 0. The lowest BCUT2D eigenvalue weighted by Crippen LogP contribution is -2.06. The molecule has 0 saturated heterocycles. The van der Waals surface area contributed by atoms with E-state index in [1.807, 2.05) is 0 Å². The largest absolute Gasteiger partial charge is 0.152 e. The first-order chi connectivity index (χ1) is 26.6. The van der Waals surface area contributed by atoms with Crippen LogP contribution >= 0.6 is 46.6 Å². The Balaban J connectivity index is 1.15. The Kier molecular flexibility index (Phi) is 8.70. The number of rotatable bonds is 5. The second-order valence-electron chi connectivity index (χ2n) is 14.6. The summed E-state index contributed by atoms with van der Waals surface area (Å²) in [5.41, 5.74) is 18.4. The lowest BCUT2D eigenvalue weighted by molar-refractivity contribution is 0.775. The topological polar surface area (TPSA) is 0 Å². The summed E-state index contributed by atoms with van der Waals surface area (Å²) >= 11 is 9.54. The highest BCUT2D eigenvalue weighted by Gasteiger charge is 2.26. The van der Waals surface area contributed by atoms with Crippen molar-refractivity contribution >= 4 is 80.3 Å². The predicted molar refractivity (Wildman–Crippen MR) is 246 cm³/mol. The van der Waals surface area contributed by atoms with E-state index in [0.29, 0.717) is 5.92 Å². The number of halogens is 1. The monoisotopic (exact) mass is 840 g/mol. The van der Waals surface area contributed by atoms with Crippen molar-refractivity contribution in [3.05, 3.63) is 170 Å². The molecule has 1 unspecified atom stereocenters. The van der Waals surface area contributed by atoms with Gasteiger partial charge in [-0.3, -0.25) is 0 Å². The molecule has 260 valence electrons. The zero-order chi connectivity index (χ0) is 36.3. The number of hydrogen-bond donors (Lipinski definition) is 1. The van der Waals surface area contributed by atoms with Crippen LogP contribution in [0.15, 0.2) is 149 Å². The number of hydrogen-bond acceptors (Lipinski definition) is 2. The Morgan fingerprint density at radius 2 is 1.24 bits per heavy atom. The number of fused-ring (bicyclic) bond motifs is 4. The molecule has 0 saturated carbocycles. The molecule has 8 aromatic rings. The SMILES string of the molecule is CC1CC=Cc2c1c(-c1ccccc1)c1ccccc1c2-c1ccc(I)c(-c2ccc(-c3c4c(c(-c5ccsc5)c5ccccc35)C=CCC4)cc2S)c1. The molecule has 1 heterocycles. The molecule has 0 N–H and O–H groups in total. The standard InChI is InChI=1S/C51H37IS2/c1-31-12-11-21-43-47(31)51(32-13-3-2-4-14-32)42-20-10-9-19-41(42)49(43)33-23-25-45(52)44(28-33)36-24-22-34(29-46(36)53)48-37-15-5-7-17-39(37)50(35-26-27-54-30-35)40-18-8-6-16-38(40)48/h2-5,7-11,13-15,17-31,53H,6,12,16H2,1H3. The van der Waals surface area contributed by atoms with Gasteiger partial charge in [-0.2, -0.15) is 11.3 Å². The third kappa shape index (κ3) is 5.54. The maximum atomic E-state index is 5.26. The van der Waals surface area contributed by atoms with Gasteiger partial charge in [-0.25, -0.2) is 0 Å². The Hall–Kier alpha value is -4.68. The van der Waals surface area contributed by atoms with Crippen molar-refractivity contribution in [2.75, 3.05) is 0 Å². The lowest BCUT2D eigenvalue weighted by atomic mass is 9.76. The highest BCUT2D eigenvalue weighted by atomic mass is 127. The van der Waals surface area contributed by atoms with Gasteiger partial charge in [0, 0.05) is 8.47 Å². The molecule has 54 heavy (non-hydrogen) atoms. The molecule has 2 aliphatic carbocycles. The maximum absolute atomic E-state index is 5.26. The molecule has 0 fully saturated rings. The van der Waals surface area contributed by atoms with Crippen LogP contribution in [0, 0.1) is 3.57 Å². The third-order valence-corrected chi connectivity index (χ3v) is 13.5. The Labute approximate surface area is 340 Å². The normalized spacial score (nSPS) is 14.8. The van der Waals surface area contributed by atoms with Crippen LogP contribution < -0.4 is 0 Å². The van der Waals surface area contributed by atoms with Crippen LogP contribution in [-0.4, -0.2) is 0 Å². The summed E-state index contributed by atoms with van der Waals surface area (Å²) in [5, 5.41) is 9.69. The summed E-state index contributed by atoms with van der Waals surface area (Å²) in [5.74, 6) is 0.417. The summed E-state index contributed by atoms with van der Waals surface area (Å²) in [6.07, 6.45) is 12.6. The van der Waals surface area contributed by atoms with E-state index in [1.54, 1.807) is 11.3 Å². The van der Waals surface area contributed by atoms with Crippen LogP contribution in [0.3, 0.4) is 0 Å². The van der Waals surface area contributed by atoms with Gasteiger partial charge >= 0.3 is 0 Å². The fourth-order valence-corrected chi connectivity index (χ4v) is 10.7. The van der Waals surface area contributed by atoms with Gasteiger partial charge in [-0.15, -0.1) is 12.6 Å². The van der Waals surface area contributed by atoms with Crippen LogP contribution in [0.1, 0.15) is 47.9 Å². The average Bonchev–Trinajstić information content (AvgIpc) is 3.75. The van der Waals surface area contributed by atoms with Gasteiger partial charge in [0.15, 0.2) is 0 Å². The summed E-state index contributed by atoms with van der Waals surface area (Å²) in [4.78, 5) is 0.994. The molecule has 0 amide bonds. The van der Waals surface area contributed by atoms with E-state index in [4.69, 9.17) is 12.6 Å². The van der Waals surface area contributed by atoms with E-state index in [9.17, 15) is 0 Å². The molecule has 2 aliphatic rings. The van der Waals surface area contributed by atoms with Crippen LogP contribution in [0.2, 0.25) is 0 Å². The molecule has 3 heteroatoms. The summed E-state index contributed by atoms with van der Waals surface area (Å²) in [6.45, 7) is 2.38. The zero-order valence-corrected chi connectivity index (χ0v) is 33.8. The van der Waals surface area contributed by atoms with E-state index in [1.165, 1.54) is 97.4 Å². The van der Waals surface area contributed by atoms with E-state index >= 15 is 0 Å². The van der Waals surface area contributed by atoms with Crippen molar-refractivity contribution in [3.8, 4) is 55.6 Å². The highest BCUT2D eigenvalue weighted by Crippen LogP contribution is 2.50. The fraction of sp³-hybridized carbons (Fsp3) is 0.0980. The van der Waals surface area contributed by atoms with Crippen LogP contribution in [-0.2, 0) is 6.42 Å². The molecule has 0 aliphatic heterocycles. The molecule has 7 aromatic carbocycles. The number of benzene rings is 7. The smallest absolute Gasteiger partial charge is 0.0209 e. The predicted octanol–water partition coefficient (Wildman–Crippen LogP) is 15.8. The molecule has 0 nitrogen and oxygen atoms in total. The van der Waals surface area contributed by atoms with Gasteiger partial charge < -0.3 is 0 Å². The van der Waals surface area contributed by atoms with Gasteiger partial charge in [-0.05, 0) is 182 Å². The first-order valence-electron chi connectivity index (χ1n) is 18.8. The molecule has 10 rings (SSSR count). The first kappa shape index (κ1) is 33.9. The molecular formula is C51H37IS2. The van der Waals surface area contributed by atoms with Crippen LogP contribution in [0.4, 0.5) is 0 Å². The second-order valence-corrected chi connectivity index (χ2v) is 17.0. The molecule has 0 radical (unpaired) electrons. The minimum Gasteiger partial charge on any atom is -0.152 e. The second kappa shape index (κ2) is 13.9. The highest BCUT2D eigenvalue weighted by molar-refractivity contribution is 14.1. The van der Waals surface area contributed by atoms with E-state index in [2.05, 4.69) is 186 Å². The number of thiophene rings is 1. The molecule has 1 aromatic heterocycles. The molecule has 1 atom stereocenters. The van der Waals surface area contributed by atoms with Gasteiger partial charge in [0.25, 0.3) is 0 Å². The molecular weight excluding hydrogens is 804 g/mol. The van der Waals surface area contributed by atoms with Gasteiger partial charge in [0.2, 0.25) is 0 Å². The van der Waals surface area contributed by atoms with Gasteiger partial charge in [-0.1, -0.05) is 128 Å². The van der Waals surface area contributed by atoms with Crippen molar-refractivity contribution in [1.29, 1.82) is 0 Å². The van der Waals surface area contributed by atoms with Crippen LogP contribution in [0.25, 0.3) is 89.3 Å². The zero-order valence-electron chi connectivity index (χ0n) is 29.9. The minimum atomic E-state index is 0.417. The Morgan fingerprint density at radius 1 is 0.593 bits per heavy atom. The van der Waals surface area contributed by atoms with Crippen molar-refractivity contribution in [3.63, 3.8) is 0 Å². The first-order valence-corrected chi connectivity index (χ1v) is 21.2. The lowest BCUT2D eigenvalue weighted by Gasteiger charge is -2.27. The maximum Gasteiger partial charge on any atom is 0.0209 e. The fourth-order valence-electron chi connectivity index (χ4n) is 9.13. The number of allylic oxidation sites excluding steroid dienone is 2. The van der Waals surface area contributed by atoms with Crippen LogP contribution in [0.5, 0.6) is 0 Å². The van der Waals surface area contributed by atoms with Crippen molar-refractivity contribution in [1.82, 2.24) is 0 Å². The van der Waals surface area contributed by atoms with Crippen molar-refractivity contribution in [2.45, 2.75) is 37.0 Å². The van der Waals surface area contributed by atoms with Gasteiger partial charge in [0.05, 0.1) is 0 Å². The van der Waals surface area contributed by atoms with E-state index in [0.717, 1.165) is 29.7 Å². The molecule has 0 spiro atoms. The average molecular weight is 841 g/mol. The third-order valence-electron chi connectivity index (χ3n) is 11.5.